The Morgan fingerprint density at radius 2 is 0.633 bits per heavy atom. The maximum absolute atomic E-state index is 13.1. The van der Waals surface area contributed by atoms with Crippen LogP contribution in [0, 0.1) is 0 Å². The van der Waals surface area contributed by atoms with Crippen LogP contribution >= 0.6 is 0 Å². The van der Waals surface area contributed by atoms with Gasteiger partial charge in [-0.25, -0.2) is 0 Å². The normalized spacial score (nSPS) is 14.2. The smallest absolute Gasteiger partial charge is 0.511 e. The first-order chi connectivity index (χ1) is 12.9. The minimum Gasteiger partial charge on any atom is -0.511 e. The number of alkyl halides is 15. The van der Waals surface area contributed by atoms with Gasteiger partial charge in [0.15, 0.2) is 0 Å². The van der Waals surface area contributed by atoms with Crippen LogP contribution in [0.3, 0.4) is 0 Å². The fourth-order valence-electron chi connectivity index (χ4n) is 2.34. The summed E-state index contributed by atoms with van der Waals surface area (Å²) in [6.45, 7) is 0. The summed E-state index contributed by atoms with van der Waals surface area (Å²) in [4.78, 5) is 0. The van der Waals surface area contributed by atoms with Crippen LogP contribution in [0.4, 0.5) is 65.9 Å². The zero-order chi connectivity index (χ0) is 24.2. The Labute approximate surface area is 153 Å². The van der Waals surface area contributed by atoms with E-state index in [1.54, 1.807) is 0 Å². The second kappa shape index (κ2) is 7.28. The van der Waals surface area contributed by atoms with Crippen LogP contribution in [-0.4, -0.2) is 17.4 Å². The standard InChI is InChI=1S/C11H2BF15O3/c13-7(14,15)1-2(8(16,17)18)4(10(22,23)24)6(30-12(28)29)5(11(25,26)27)3(1)9(19,20)21/h28-29H. The van der Waals surface area contributed by atoms with E-state index in [1.807, 2.05) is 0 Å². The average Bonchev–Trinajstić information content (AvgIpc) is 2.38. The summed E-state index contributed by atoms with van der Waals surface area (Å²) in [6, 6.07) is 0. The monoisotopic (exact) mass is 478 g/mol. The molecule has 0 bridgehead atoms. The molecule has 0 aromatic heterocycles. The highest BCUT2D eigenvalue weighted by molar-refractivity contribution is 6.33. The summed E-state index contributed by atoms with van der Waals surface area (Å²) in [5, 5.41) is 16.8. The first kappa shape index (κ1) is 26.0. The Kier molecular flexibility index (Phi) is 6.30. The largest absolute Gasteiger partial charge is 0.707 e. The molecule has 0 amide bonds. The third kappa shape index (κ3) is 5.16. The van der Waals surface area contributed by atoms with Gasteiger partial charge in [-0.2, -0.15) is 65.9 Å². The van der Waals surface area contributed by atoms with E-state index in [0.717, 1.165) is 0 Å². The number of rotatable bonds is 2. The molecule has 0 spiro atoms. The summed E-state index contributed by atoms with van der Waals surface area (Å²) in [7, 11) is -3.88. The van der Waals surface area contributed by atoms with Crippen molar-refractivity contribution in [3.8, 4) is 5.75 Å². The maximum atomic E-state index is 13.1. The lowest BCUT2D eigenvalue weighted by Crippen LogP contribution is -2.34. The van der Waals surface area contributed by atoms with Gasteiger partial charge in [-0.05, 0) is 0 Å². The zero-order valence-corrected chi connectivity index (χ0v) is 13.0. The van der Waals surface area contributed by atoms with Gasteiger partial charge in [-0.15, -0.1) is 0 Å². The van der Waals surface area contributed by atoms with Gasteiger partial charge >= 0.3 is 38.2 Å². The van der Waals surface area contributed by atoms with Crippen LogP contribution < -0.4 is 4.65 Å². The summed E-state index contributed by atoms with van der Waals surface area (Å²) < 4.78 is 199. The lowest BCUT2D eigenvalue weighted by Gasteiger charge is -2.30. The summed E-state index contributed by atoms with van der Waals surface area (Å²) in [5.74, 6) is -3.56. The molecule has 172 valence electrons. The van der Waals surface area contributed by atoms with Crippen LogP contribution in [0.25, 0.3) is 0 Å². The van der Waals surface area contributed by atoms with Gasteiger partial charge in [-0.3, -0.25) is 0 Å². The molecular weight excluding hydrogens is 476 g/mol. The van der Waals surface area contributed by atoms with Gasteiger partial charge in [0.25, 0.3) is 0 Å². The summed E-state index contributed by atoms with van der Waals surface area (Å²) in [5.41, 5.74) is -20.7. The Balaban J connectivity index is 4.71. The molecule has 3 nitrogen and oxygen atoms in total. The number of hydrogen-bond acceptors (Lipinski definition) is 3. The molecule has 1 rings (SSSR count). The third-order valence-electron chi connectivity index (χ3n) is 3.09. The van der Waals surface area contributed by atoms with Crippen LogP contribution in [0.15, 0.2) is 0 Å². The van der Waals surface area contributed by atoms with Gasteiger partial charge in [0.1, 0.15) is 16.9 Å². The Bertz CT molecular complexity index is 744. The van der Waals surface area contributed by atoms with Crippen molar-refractivity contribution in [1.82, 2.24) is 0 Å². The predicted octanol–water partition coefficient (Wildman–Crippen LogP) is 5.13. The molecule has 2 N–H and O–H groups in total. The minimum absolute atomic E-state index is 3.07. The molecule has 0 radical (unpaired) electrons. The van der Waals surface area contributed by atoms with Gasteiger partial charge in [0.2, 0.25) is 0 Å². The molecule has 19 heteroatoms. The quantitative estimate of drug-likeness (QED) is 0.458. The highest BCUT2D eigenvalue weighted by Gasteiger charge is 2.61. The van der Waals surface area contributed by atoms with Crippen LogP contribution in [0.5, 0.6) is 5.75 Å². The third-order valence-corrected chi connectivity index (χ3v) is 3.09. The number of benzene rings is 1. The van der Waals surface area contributed by atoms with E-state index in [4.69, 9.17) is 10.0 Å². The molecule has 0 unspecified atom stereocenters. The fourth-order valence-corrected chi connectivity index (χ4v) is 2.34. The van der Waals surface area contributed by atoms with E-state index in [0.29, 0.717) is 0 Å². The fraction of sp³-hybridized carbons (Fsp3) is 0.455. The van der Waals surface area contributed by atoms with Crippen molar-refractivity contribution in [2.45, 2.75) is 30.9 Å². The number of halogens is 15. The Hall–Kier alpha value is -2.05. The molecule has 0 saturated carbocycles. The van der Waals surface area contributed by atoms with Gasteiger partial charge < -0.3 is 14.7 Å². The molecule has 0 heterocycles. The van der Waals surface area contributed by atoms with Crippen LogP contribution in [0.1, 0.15) is 27.8 Å². The van der Waals surface area contributed by atoms with E-state index >= 15 is 0 Å². The highest BCUT2D eigenvalue weighted by atomic mass is 19.4. The second-order valence-corrected chi connectivity index (χ2v) is 5.14. The van der Waals surface area contributed by atoms with E-state index in [9.17, 15) is 65.9 Å². The predicted molar refractivity (Wildman–Crippen MR) is 62.3 cm³/mol. The van der Waals surface area contributed by atoms with E-state index in [-0.39, 0.29) is 0 Å². The SMILES string of the molecule is OB(O)Oc1c(C(F)(F)F)c(C(F)(F)F)c(C(F)(F)F)c(C(F)(F)F)c1C(F)(F)F. The zero-order valence-electron chi connectivity index (χ0n) is 13.0. The van der Waals surface area contributed by atoms with Crippen molar-refractivity contribution < 1.29 is 80.6 Å². The molecule has 1 aromatic rings. The van der Waals surface area contributed by atoms with Crippen molar-refractivity contribution in [1.29, 1.82) is 0 Å². The van der Waals surface area contributed by atoms with Crippen LogP contribution in [-0.2, 0) is 30.9 Å². The molecule has 1 aromatic carbocycles. The molecule has 0 aliphatic carbocycles. The van der Waals surface area contributed by atoms with E-state index < -0.39 is 71.8 Å². The van der Waals surface area contributed by atoms with Gasteiger partial charge in [-0.1, -0.05) is 0 Å². The molecule has 0 fully saturated rings. The van der Waals surface area contributed by atoms with Gasteiger partial charge in [0.05, 0.1) is 16.7 Å². The maximum Gasteiger partial charge on any atom is 0.707 e. The molecule has 0 aliphatic rings. The lowest BCUT2D eigenvalue weighted by atomic mass is 9.87. The molecule has 0 aliphatic heterocycles. The van der Waals surface area contributed by atoms with Crippen LogP contribution in [0.2, 0.25) is 0 Å². The van der Waals surface area contributed by atoms with Crippen molar-refractivity contribution in [3.05, 3.63) is 27.8 Å². The molecule has 30 heavy (non-hydrogen) atoms. The Morgan fingerprint density at radius 3 is 0.800 bits per heavy atom. The van der Waals surface area contributed by atoms with Crippen molar-refractivity contribution >= 4 is 7.32 Å². The molecule has 0 atom stereocenters. The summed E-state index contributed by atoms with van der Waals surface area (Å²) >= 11 is 0. The minimum atomic E-state index is -7.04. The van der Waals surface area contributed by atoms with Crippen molar-refractivity contribution in [2.75, 3.05) is 0 Å². The molecular formula is C11H2BF15O3. The Morgan fingerprint density at radius 1 is 0.433 bits per heavy atom. The second-order valence-electron chi connectivity index (χ2n) is 5.14. The lowest BCUT2D eigenvalue weighted by molar-refractivity contribution is -0.189. The van der Waals surface area contributed by atoms with E-state index in [1.165, 1.54) is 0 Å². The topological polar surface area (TPSA) is 49.7 Å². The highest BCUT2D eigenvalue weighted by Crippen LogP contribution is 2.58. The molecule has 0 saturated heterocycles. The van der Waals surface area contributed by atoms with Gasteiger partial charge in [0, 0.05) is 0 Å². The first-order valence-electron chi connectivity index (χ1n) is 6.54. The number of hydrogen-bond donors (Lipinski definition) is 2. The van der Waals surface area contributed by atoms with Crippen molar-refractivity contribution in [3.63, 3.8) is 0 Å². The van der Waals surface area contributed by atoms with Crippen molar-refractivity contribution in [2.24, 2.45) is 0 Å². The average molecular weight is 478 g/mol. The first-order valence-corrected chi connectivity index (χ1v) is 6.54. The van der Waals surface area contributed by atoms with E-state index in [2.05, 4.69) is 4.65 Å². The summed E-state index contributed by atoms with van der Waals surface area (Å²) in [6.07, 6.45) is -34.6.